The normalized spacial score (nSPS) is 13.4. The van der Waals surface area contributed by atoms with Gasteiger partial charge in [-0.3, -0.25) is 4.79 Å². The number of aliphatic carboxylic acids is 1. The molecule has 1 unspecified atom stereocenters. The van der Waals surface area contributed by atoms with Gasteiger partial charge in [-0.15, -0.1) is 0 Å². The second-order valence-electron chi connectivity index (χ2n) is 3.77. The molecule has 0 rings (SSSR count). The third-order valence-electron chi connectivity index (χ3n) is 2.23. The predicted molar refractivity (Wildman–Crippen MR) is 59.5 cm³/mol. The van der Waals surface area contributed by atoms with Crippen LogP contribution >= 0.6 is 0 Å². The van der Waals surface area contributed by atoms with Crippen LogP contribution < -0.4 is 10.6 Å². The summed E-state index contributed by atoms with van der Waals surface area (Å²) in [5, 5.41) is 13.5. The monoisotopic (exact) mass is 246 g/mol. The Morgan fingerprint density at radius 1 is 1.35 bits per heavy atom. The average Bonchev–Trinajstić information content (AvgIpc) is 2.25. The number of amides is 2. The zero-order chi connectivity index (χ0) is 13.5. The van der Waals surface area contributed by atoms with Gasteiger partial charge in [-0.25, -0.2) is 9.59 Å². The van der Waals surface area contributed by atoms with Crippen molar-refractivity contribution in [3.05, 3.63) is 0 Å². The standard InChI is InChI=1S/C10H18N2O5/c1-4-5-10(2,8(14)15)12-9(16)11-6-7(13)17-3/h4-6H2,1-3H3,(H,14,15)(H2,11,12,16). The van der Waals surface area contributed by atoms with E-state index in [-0.39, 0.29) is 6.54 Å². The molecule has 0 aromatic carbocycles. The first-order chi connectivity index (χ1) is 7.85. The Morgan fingerprint density at radius 2 is 1.94 bits per heavy atom. The fourth-order valence-electron chi connectivity index (χ4n) is 1.24. The first kappa shape index (κ1) is 15.2. The molecule has 0 aliphatic heterocycles. The van der Waals surface area contributed by atoms with E-state index in [1.165, 1.54) is 14.0 Å². The number of carboxylic acids is 1. The smallest absolute Gasteiger partial charge is 0.329 e. The van der Waals surface area contributed by atoms with Crippen molar-refractivity contribution in [3.63, 3.8) is 0 Å². The maximum Gasteiger partial charge on any atom is 0.329 e. The summed E-state index contributed by atoms with van der Waals surface area (Å²) < 4.78 is 4.33. The minimum absolute atomic E-state index is 0.300. The summed E-state index contributed by atoms with van der Waals surface area (Å²) >= 11 is 0. The lowest BCUT2D eigenvalue weighted by atomic mass is 9.97. The Hall–Kier alpha value is -1.79. The van der Waals surface area contributed by atoms with Gasteiger partial charge in [-0.1, -0.05) is 13.3 Å². The van der Waals surface area contributed by atoms with E-state index in [0.29, 0.717) is 12.8 Å². The van der Waals surface area contributed by atoms with Crippen LogP contribution in [0.3, 0.4) is 0 Å². The Balaban J connectivity index is 4.32. The number of carbonyl (C=O) groups excluding carboxylic acids is 2. The molecule has 98 valence electrons. The van der Waals surface area contributed by atoms with E-state index in [1.54, 1.807) is 0 Å². The van der Waals surface area contributed by atoms with Gasteiger partial charge < -0.3 is 20.5 Å². The molecule has 0 radical (unpaired) electrons. The highest BCUT2D eigenvalue weighted by Gasteiger charge is 2.33. The molecule has 0 bridgehead atoms. The minimum Gasteiger partial charge on any atom is -0.480 e. The number of hydrogen-bond donors (Lipinski definition) is 3. The van der Waals surface area contributed by atoms with E-state index >= 15 is 0 Å². The van der Waals surface area contributed by atoms with Crippen molar-refractivity contribution in [3.8, 4) is 0 Å². The van der Waals surface area contributed by atoms with Crippen molar-refractivity contribution in [1.29, 1.82) is 0 Å². The fraction of sp³-hybridized carbons (Fsp3) is 0.700. The number of rotatable bonds is 6. The summed E-state index contributed by atoms with van der Waals surface area (Å²) in [6.07, 6.45) is 0.911. The van der Waals surface area contributed by atoms with Crippen LogP contribution in [0.2, 0.25) is 0 Å². The molecule has 1 atom stereocenters. The van der Waals surface area contributed by atoms with E-state index in [1.807, 2.05) is 6.92 Å². The van der Waals surface area contributed by atoms with Crippen LogP contribution in [0.4, 0.5) is 4.79 Å². The number of carbonyl (C=O) groups is 3. The molecule has 0 aromatic rings. The molecule has 0 fully saturated rings. The SMILES string of the molecule is CCCC(C)(NC(=O)NCC(=O)OC)C(=O)O. The van der Waals surface area contributed by atoms with Gasteiger partial charge in [0.1, 0.15) is 12.1 Å². The minimum atomic E-state index is -1.34. The molecular formula is C10H18N2O5. The Morgan fingerprint density at radius 3 is 2.35 bits per heavy atom. The highest BCUT2D eigenvalue weighted by atomic mass is 16.5. The summed E-state index contributed by atoms with van der Waals surface area (Å²) in [6.45, 7) is 2.93. The summed E-state index contributed by atoms with van der Waals surface area (Å²) in [5.74, 6) is -1.72. The van der Waals surface area contributed by atoms with Gasteiger partial charge >= 0.3 is 18.0 Å². The van der Waals surface area contributed by atoms with Gasteiger partial charge in [0, 0.05) is 0 Å². The lowest BCUT2D eigenvalue weighted by Gasteiger charge is -2.25. The Kier molecular flexibility index (Phi) is 6.01. The number of urea groups is 1. The first-order valence-corrected chi connectivity index (χ1v) is 5.22. The third kappa shape index (κ3) is 5.19. The van der Waals surface area contributed by atoms with E-state index < -0.39 is 23.5 Å². The van der Waals surface area contributed by atoms with Gasteiger partial charge in [0.05, 0.1) is 7.11 Å². The number of nitrogens with one attached hydrogen (secondary N) is 2. The van der Waals surface area contributed by atoms with Crippen LogP contribution in [0.25, 0.3) is 0 Å². The quantitative estimate of drug-likeness (QED) is 0.576. The maximum absolute atomic E-state index is 11.4. The zero-order valence-corrected chi connectivity index (χ0v) is 10.2. The van der Waals surface area contributed by atoms with Crippen molar-refractivity contribution in [2.45, 2.75) is 32.2 Å². The van der Waals surface area contributed by atoms with Crippen LogP contribution in [-0.4, -0.2) is 42.3 Å². The predicted octanol–water partition coefficient (Wildman–Crippen LogP) is 0.102. The molecular weight excluding hydrogens is 228 g/mol. The van der Waals surface area contributed by atoms with Gasteiger partial charge in [0.25, 0.3) is 0 Å². The molecule has 3 N–H and O–H groups in total. The molecule has 0 heterocycles. The fourth-order valence-corrected chi connectivity index (χ4v) is 1.24. The average molecular weight is 246 g/mol. The molecule has 0 spiro atoms. The molecule has 0 saturated heterocycles. The Labute approximate surface area is 99.5 Å². The molecule has 0 aliphatic rings. The number of esters is 1. The van der Waals surface area contributed by atoms with Crippen molar-refractivity contribution >= 4 is 18.0 Å². The third-order valence-corrected chi connectivity index (χ3v) is 2.23. The second kappa shape index (κ2) is 6.72. The number of hydrogen-bond acceptors (Lipinski definition) is 4. The second-order valence-corrected chi connectivity index (χ2v) is 3.77. The van der Waals surface area contributed by atoms with E-state index in [2.05, 4.69) is 15.4 Å². The highest BCUT2D eigenvalue weighted by Crippen LogP contribution is 2.12. The lowest BCUT2D eigenvalue weighted by molar-refractivity contribution is -0.144. The van der Waals surface area contributed by atoms with Crippen molar-refractivity contribution < 1.29 is 24.2 Å². The van der Waals surface area contributed by atoms with E-state index in [0.717, 1.165) is 0 Å². The largest absolute Gasteiger partial charge is 0.480 e. The highest BCUT2D eigenvalue weighted by molar-refractivity contribution is 5.87. The molecule has 2 amide bonds. The van der Waals surface area contributed by atoms with Crippen LogP contribution in [0.1, 0.15) is 26.7 Å². The zero-order valence-electron chi connectivity index (χ0n) is 10.2. The van der Waals surface area contributed by atoms with Crippen LogP contribution in [0.15, 0.2) is 0 Å². The maximum atomic E-state index is 11.4. The van der Waals surface area contributed by atoms with E-state index in [9.17, 15) is 14.4 Å². The Bertz CT molecular complexity index is 305. The number of carboxylic acid groups (broad SMARTS) is 1. The van der Waals surface area contributed by atoms with Crippen LogP contribution in [0, 0.1) is 0 Å². The topological polar surface area (TPSA) is 105 Å². The lowest BCUT2D eigenvalue weighted by Crippen LogP contribution is -2.55. The van der Waals surface area contributed by atoms with Crippen molar-refractivity contribution in [2.75, 3.05) is 13.7 Å². The molecule has 7 heteroatoms. The summed E-state index contributed by atoms with van der Waals surface area (Å²) in [7, 11) is 1.19. The summed E-state index contributed by atoms with van der Waals surface area (Å²) in [6, 6.07) is -0.714. The molecule has 17 heavy (non-hydrogen) atoms. The van der Waals surface area contributed by atoms with Gasteiger partial charge in [-0.2, -0.15) is 0 Å². The van der Waals surface area contributed by atoms with Gasteiger partial charge in [0.15, 0.2) is 0 Å². The van der Waals surface area contributed by atoms with Gasteiger partial charge in [0.2, 0.25) is 0 Å². The summed E-state index contributed by atoms with van der Waals surface area (Å²) in [4.78, 5) is 33.1. The molecule has 7 nitrogen and oxygen atoms in total. The number of methoxy groups -OCH3 is 1. The molecule has 0 saturated carbocycles. The van der Waals surface area contributed by atoms with Crippen LogP contribution in [-0.2, 0) is 14.3 Å². The number of ether oxygens (including phenoxy) is 1. The van der Waals surface area contributed by atoms with E-state index in [4.69, 9.17) is 5.11 Å². The van der Waals surface area contributed by atoms with Crippen molar-refractivity contribution in [1.82, 2.24) is 10.6 Å². The van der Waals surface area contributed by atoms with Gasteiger partial charge in [-0.05, 0) is 13.3 Å². The molecule has 0 aliphatic carbocycles. The van der Waals surface area contributed by atoms with Crippen molar-refractivity contribution in [2.24, 2.45) is 0 Å². The molecule has 0 aromatic heterocycles. The summed E-state index contributed by atoms with van der Waals surface area (Å²) in [5.41, 5.74) is -1.34. The van der Waals surface area contributed by atoms with Crippen LogP contribution in [0.5, 0.6) is 0 Å². The first-order valence-electron chi connectivity index (χ1n) is 5.22.